The van der Waals surface area contributed by atoms with E-state index >= 15 is 0 Å². The Balaban J connectivity index is 1.59. The van der Waals surface area contributed by atoms with Crippen LogP contribution in [0.25, 0.3) is 11.1 Å². The molecule has 1 amide bonds. The van der Waals surface area contributed by atoms with E-state index in [0.29, 0.717) is 16.5 Å². The van der Waals surface area contributed by atoms with Crippen molar-refractivity contribution in [2.75, 3.05) is 5.32 Å². The molecule has 4 rings (SSSR count). The Hall–Kier alpha value is -3.24. The van der Waals surface area contributed by atoms with Crippen molar-refractivity contribution < 1.29 is 4.79 Å². The van der Waals surface area contributed by atoms with Gasteiger partial charge in [-0.1, -0.05) is 31.5 Å². The first-order valence-corrected chi connectivity index (χ1v) is 10.0. The average Bonchev–Trinajstić information content (AvgIpc) is 3.23. The van der Waals surface area contributed by atoms with E-state index in [1.807, 2.05) is 16.9 Å². The van der Waals surface area contributed by atoms with Gasteiger partial charge in [0.2, 0.25) is 5.91 Å². The van der Waals surface area contributed by atoms with Crippen LogP contribution in [0.5, 0.6) is 0 Å². The van der Waals surface area contributed by atoms with Crippen LogP contribution in [0.2, 0.25) is 5.02 Å². The summed E-state index contributed by atoms with van der Waals surface area (Å²) in [4.78, 5) is 21.2. The fraction of sp³-hybridized carbons (Fsp3) is 0.318. The second-order valence-electron chi connectivity index (χ2n) is 8.32. The molecule has 8 heteroatoms. The molecule has 1 atom stereocenters. The highest BCUT2D eigenvalue weighted by Crippen LogP contribution is 2.39. The summed E-state index contributed by atoms with van der Waals surface area (Å²) >= 11 is 6.44. The predicted octanol–water partition coefficient (Wildman–Crippen LogP) is 4.19. The molecule has 0 spiro atoms. The zero-order valence-corrected chi connectivity index (χ0v) is 17.7. The summed E-state index contributed by atoms with van der Waals surface area (Å²) in [5.41, 5.74) is 3.83. The van der Waals surface area contributed by atoms with Crippen molar-refractivity contribution in [3.8, 4) is 17.2 Å². The third-order valence-corrected chi connectivity index (χ3v) is 5.59. The number of carbonyl (C=O) groups excluding carboxylic acids is 1. The number of amides is 1. The molecule has 3 aromatic heterocycles. The molecule has 0 saturated heterocycles. The van der Waals surface area contributed by atoms with E-state index in [0.717, 1.165) is 29.8 Å². The fourth-order valence-electron chi connectivity index (χ4n) is 3.71. The second-order valence-corrected chi connectivity index (χ2v) is 8.73. The number of rotatable bonds is 4. The highest BCUT2D eigenvalue weighted by Gasteiger charge is 2.32. The van der Waals surface area contributed by atoms with Crippen LogP contribution in [0.3, 0.4) is 0 Å². The van der Waals surface area contributed by atoms with Gasteiger partial charge in [0, 0.05) is 29.6 Å². The average molecular weight is 421 g/mol. The number of anilines is 1. The normalized spacial score (nSPS) is 15.3. The summed E-state index contributed by atoms with van der Waals surface area (Å²) in [5.74, 6) is -0.403. The molecule has 0 unspecified atom stereocenters. The molecule has 0 aromatic carbocycles. The fourth-order valence-corrected chi connectivity index (χ4v) is 3.92. The van der Waals surface area contributed by atoms with E-state index in [1.54, 1.807) is 31.2 Å². The monoisotopic (exact) mass is 420 g/mol. The second kappa shape index (κ2) is 7.54. The lowest BCUT2D eigenvalue weighted by Gasteiger charge is -2.15. The number of pyridine rings is 2. The van der Waals surface area contributed by atoms with Crippen LogP contribution >= 0.6 is 11.6 Å². The maximum Gasteiger partial charge on any atom is 0.234 e. The minimum Gasteiger partial charge on any atom is -0.310 e. The zero-order chi connectivity index (χ0) is 21.5. The maximum absolute atomic E-state index is 12.7. The Bertz CT molecular complexity index is 1180. The van der Waals surface area contributed by atoms with Crippen molar-refractivity contribution in [3.05, 3.63) is 58.8 Å². The van der Waals surface area contributed by atoms with Gasteiger partial charge in [-0.25, -0.2) is 9.97 Å². The number of hydrogen-bond donors (Lipinski definition) is 1. The van der Waals surface area contributed by atoms with Crippen molar-refractivity contribution in [3.63, 3.8) is 0 Å². The number of nitrogens with one attached hydrogen (secondary N) is 1. The van der Waals surface area contributed by atoms with Gasteiger partial charge in [0.05, 0.1) is 22.8 Å². The molecule has 30 heavy (non-hydrogen) atoms. The van der Waals surface area contributed by atoms with Crippen LogP contribution in [0.4, 0.5) is 5.82 Å². The Morgan fingerprint density at radius 2 is 2.13 bits per heavy atom. The first kappa shape index (κ1) is 20.0. The summed E-state index contributed by atoms with van der Waals surface area (Å²) in [6, 6.07) is 8.81. The summed E-state index contributed by atoms with van der Waals surface area (Å²) in [6.45, 7) is 7.02. The Morgan fingerprint density at radius 3 is 2.90 bits per heavy atom. The molecule has 0 bridgehead atoms. The quantitative estimate of drug-likeness (QED) is 0.682. The molecule has 0 aliphatic carbocycles. The molecule has 1 aliphatic heterocycles. The molecule has 3 aromatic rings. The van der Waals surface area contributed by atoms with Gasteiger partial charge < -0.3 is 5.32 Å². The van der Waals surface area contributed by atoms with Gasteiger partial charge in [-0.3, -0.25) is 9.48 Å². The van der Waals surface area contributed by atoms with Crippen molar-refractivity contribution in [1.82, 2.24) is 19.7 Å². The Kier molecular flexibility index (Phi) is 5.04. The summed E-state index contributed by atoms with van der Waals surface area (Å²) in [6.07, 6.45) is 4.26. The number of fused-ring (bicyclic) bond motifs is 1. The Labute approximate surface area is 179 Å². The molecule has 0 saturated carbocycles. The van der Waals surface area contributed by atoms with Crippen molar-refractivity contribution in [1.29, 1.82) is 5.26 Å². The highest BCUT2D eigenvalue weighted by molar-refractivity contribution is 6.33. The van der Waals surface area contributed by atoms with E-state index in [4.69, 9.17) is 16.9 Å². The lowest BCUT2D eigenvalue weighted by Crippen LogP contribution is -2.20. The van der Waals surface area contributed by atoms with E-state index < -0.39 is 5.92 Å². The molecule has 0 radical (unpaired) electrons. The summed E-state index contributed by atoms with van der Waals surface area (Å²) in [5, 5.41) is 16.9. The standard InChI is InChI=1S/C22H21ClN6O/c1-13(18-6-4-5-14(9-24)27-18)21(30)28-20-7-15(17(23)11-25-20)16-10-26-29-12-22(2,3)8-19(16)29/h4-7,10-11,13H,8,12H2,1-3H3,(H,25,28,30)/t13-/m1/s1. The maximum atomic E-state index is 12.7. The number of halogens is 1. The van der Waals surface area contributed by atoms with Crippen LogP contribution in [0.15, 0.2) is 36.7 Å². The van der Waals surface area contributed by atoms with Gasteiger partial charge >= 0.3 is 0 Å². The highest BCUT2D eigenvalue weighted by atomic mass is 35.5. The first-order valence-electron chi connectivity index (χ1n) is 9.66. The van der Waals surface area contributed by atoms with E-state index in [2.05, 4.69) is 34.2 Å². The minimum absolute atomic E-state index is 0.148. The van der Waals surface area contributed by atoms with E-state index in [9.17, 15) is 4.79 Å². The van der Waals surface area contributed by atoms with Gasteiger partial charge in [-0.05, 0) is 37.0 Å². The molecular weight excluding hydrogens is 400 g/mol. The van der Waals surface area contributed by atoms with Gasteiger partial charge in [0.1, 0.15) is 17.6 Å². The van der Waals surface area contributed by atoms with Gasteiger partial charge in [-0.2, -0.15) is 10.4 Å². The molecule has 1 aliphatic rings. The van der Waals surface area contributed by atoms with Gasteiger partial charge in [0.15, 0.2) is 0 Å². The third kappa shape index (κ3) is 3.79. The van der Waals surface area contributed by atoms with Crippen LogP contribution in [-0.4, -0.2) is 25.7 Å². The number of aromatic nitrogens is 4. The van der Waals surface area contributed by atoms with Gasteiger partial charge in [-0.15, -0.1) is 0 Å². The summed E-state index contributed by atoms with van der Waals surface area (Å²) < 4.78 is 2.01. The van der Waals surface area contributed by atoms with E-state index in [1.165, 1.54) is 6.20 Å². The van der Waals surface area contributed by atoms with Crippen molar-refractivity contribution in [2.45, 2.75) is 39.7 Å². The SMILES string of the molecule is C[C@@H](C(=O)Nc1cc(-c2cnn3c2CC(C)(C)C3)c(Cl)cn1)c1cccc(C#N)n1. The minimum atomic E-state index is -0.541. The molecular formula is C22H21ClN6O. The van der Waals surface area contributed by atoms with Crippen LogP contribution < -0.4 is 5.32 Å². The number of nitrogens with zero attached hydrogens (tertiary/aromatic N) is 5. The molecule has 1 N–H and O–H groups in total. The summed E-state index contributed by atoms with van der Waals surface area (Å²) in [7, 11) is 0. The van der Waals surface area contributed by atoms with Gasteiger partial charge in [0.25, 0.3) is 0 Å². The van der Waals surface area contributed by atoms with Crippen molar-refractivity contribution in [2.24, 2.45) is 5.41 Å². The molecule has 4 heterocycles. The lowest BCUT2D eigenvalue weighted by molar-refractivity contribution is -0.117. The van der Waals surface area contributed by atoms with Crippen LogP contribution in [0, 0.1) is 16.7 Å². The topological polar surface area (TPSA) is 96.5 Å². The third-order valence-electron chi connectivity index (χ3n) is 5.29. The van der Waals surface area contributed by atoms with Crippen molar-refractivity contribution >= 4 is 23.3 Å². The first-order chi connectivity index (χ1) is 14.3. The predicted molar refractivity (Wildman–Crippen MR) is 114 cm³/mol. The molecule has 7 nitrogen and oxygen atoms in total. The smallest absolute Gasteiger partial charge is 0.234 e. The Morgan fingerprint density at radius 1 is 1.33 bits per heavy atom. The lowest BCUT2D eigenvalue weighted by atomic mass is 9.89. The number of hydrogen-bond acceptors (Lipinski definition) is 5. The van der Waals surface area contributed by atoms with Crippen LogP contribution in [0.1, 0.15) is 43.8 Å². The van der Waals surface area contributed by atoms with Crippen LogP contribution in [-0.2, 0) is 17.8 Å². The van der Waals surface area contributed by atoms with E-state index in [-0.39, 0.29) is 17.0 Å². The largest absolute Gasteiger partial charge is 0.310 e. The molecule has 0 fully saturated rings. The molecule has 152 valence electrons. The number of carbonyl (C=O) groups is 1. The zero-order valence-electron chi connectivity index (χ0n) is 17.0. The number of nitriles is 1.